The molecule has 4 nitrogen and oxygen atoms in total. The van der Waals surface area contributed by atoms with E-state index in [1.54, 1.807) is 6.07 Å². The fraction of sp³-hybridized carbons (Fsp3) is 0.500. The van der Waals surface area contributed by atoms with E-state index in [-0.39, 0.29) is 0 Å². The molecule has 0 saturated carbocycles. The number of phosphoric acid groups is 1. The lowest BCUT2D eigenvalue weighted by Gasteiger charge is -2.35. The summed E-state index contributed by atoms with van der Waals surface area (Å²) < 4.78 is 28.4. The highest BCUT2D eigenvalue weighted by molar-refractivity contribution is 7.49. The summed E-state index contributed by atoms with van der Waals surface area (Å²) in [6.07, 6.45) is 0.763. The molecule has 0 saturated heterocycles. The molecule has 1 atom stereocenters. The van der Waals surface area contributed by atoms with E-state index in [0.29, 0.717) is 12.4 Å². The van der Waals surface area contributed by atoms with Gasteiger partial charge in [-0.1, -0.05) is 25.1 Å². The van der Waals surface area contributed by atoms with Crippen LogP contribution in [0.1, 0.15) is 32.8 Å². The van der Waals surface area contributed by atoms with Crippen molar-refractivity contribution < 1.29 is 18.1 Å². The minimum Gasteiger partial charge on any atom is -0.404 e. The number of para-hydroxylation sites is 1. The smallest absolute Gasteiger partial charge is 0.404 e. The van der Waals surface area contributed by atoms with E-state index in [0.717, 1.165) is 12.0 Å². The Kier molecular flexibility index (Phi) is 3.30. The van der Waals surface area contributed by atoms with E-state index >= 15 is 0 Å². The summed E-state index contributed by atoms with van der Waals surface area (Å²) >= 11 is 0. The third-order valence-corrected chi connectivity index (χ3v) is 4.14. The molecule has 0 aromatic heterocycles. The quantitative estimate of drug-likeness (QED) is 0.770. The van der Waals surface area contributed by atoms with Gasteiger partial charge in [0, 0.05) is 5.56 Å². The van der Waals surface area contributed by atoms with Crippen LogP contribution in [0.25, 0.3) is 0 Å². The first kappa shape index (κ1) is 12.6. The number of fused-ring (bicyclic) bond motifs is 1. The maximum Gasteiger partial charge on any atom is 0.530 e. The number of hydrogen-bond acceptors (Lipinski definition) is 4. The van der Waals surface area contributed by atoms with Gasteiger partial charge in [-0.3, -0.25) is 9.05 Å². The van der Waals surface area contributed by atoms with Crippen molar-refractivity contribution >= 4 is 7.82 Å². The van der Waals surface area contributed by atoms with Gasteiger partial charge >= 0.3 is 7.82 Å². The Hall–Kier alpha value is -0.830. The summed E-state index contributed by atoms with van der Waals surface area (Å²) in [7, 11) is -3.48. The van der Waals surface area contributed by atoms with Crippen LogP contribution in [0, 0.1) is 0 Å². The molecule has 0 N–H and O–H groups in total. The van der Waals surface area contributed by atoms with Crippen molar-refractivity contribution in [3.63, 3.8) is 0 Å². The minimum absolute atomic E-state index is 0.357. The molecule has 1 heterocycles. The normalized spacial score (nSPS) is 26.1. The largest absolute Gasteiger partial charge is 0.530 e. The molecule has 0 aliphatic carbocycles. The van der Waals surface area contributed by atoms with E-state index in [1.807, 2.05) is 39.0 Å². The van der Waals surface area contributed by atoms with Crippen molar-refractivity contribution in [2.24, 2.45) is 0 Å². The molecule has 5 heteroatoms. The van der Waals surface area contributed by atoms with Crippen molar-refractivity contribution in [1.82, 2.24) is 0 Å². The molecule has 0 spiro atoms. The molecule has 17 heavy (non-hydrogen) atoms. The second kappa shape index (κ2) is 4.45. The Morgan fingerprint density at radius 3 is 2.76 bits per heavy atom. The lowest BCUT2D eigenvalue weighted by molar-refractivity contribution is 0.0336. The summed E-state index contributed by atoms with van der Waals surface area (Å²) in [5.41, 5.74) is 0.213. The zero-order valence-electron chi connectivity index (χ0n) is 10.3. The molecular formula is C12H17O4P. The van der Waals surface area contributed by atoms with Gasteiger partial charge in [-0.2, -0.15) is 0 Å². The fourth-order valence-electron chi connectivity index (χ4n) is 1.77. The van der Waals surface area contributed by atoms with Gasteiger partial charge in [0.25, 0.3) is 0 Å². The van der Waals surface area contributed by atoms with Crippen LogP contribution in [0.3, 0.4) is 0 Å². The lowest BCUT2D eigenvalue weighted by atomic mass is 9.98. The molecule has 0 bridgehead atoms. The van der Waals surface area contributed by atoms with Gasteiger partial charge < -0.3 is 4.52 Å². The van der Waals surface area contributed by atoms with E-state index in [4.69, 9.17) is 13.6 Å². The summed E-state index contributed by atoms with van der Waals surface area (Å²) in [4.78, 5) is 0. The number of phosphoric ester groups is 1. The molecule has 1 aliphatic heterocycles. The molecule has 1 unspecified atom stereocenters. The van der Waals surface area contributed by atoms with E-state index < -0.39 is 13.4 Å². The van der Waals surface area contributed by atoms with E-state index in [2.05, 4.69) is 0 Å². The minimum atomic E-state index is -3.48. The van der Waals surface area contributed by atoms with Gasteiger partial charge in [0.15, 0.2) is 0 Å². The van der Waals surface area contributed by atoms with Gasteiger partial charge in [-0.25, -0.2) is 4.57 Å². The lowest BCUT2D eigenvalue weighted by Crippen LogP contribution is -2.27. The maximum absolute atomic E-state index is 12.3. The van der Waals surface area contributed by atoms with Crippen molar-refractivity contribution in [2.45, 2.75) is 32.8 Å². The molecule has 1 aliphatic rings. The van der Waals surface area contributed by atoms with Crippen LogP contribution in [-0.4, -0.2) is 6.61 Å². The molecule has 2 rings (SSSR count). The molecule has 0 amide bonds. The van der Waals surface area contributed by atoms with E-state index in [1.165, 1.54) is 0 Å². The Bertz CT molecular complexity index is 456. The van der Waals surface area contributed by atoms with Gasteiger partial charge in [0.2, 0.25) is 0 Å². The van der Waals surface area contributed by atoms with Crippen LogP contribution in [0.4, 0.5) is 0 Å². The second-order valence-corrected chi connectivity index (χ2v) is 5.99. The Morgan fingerprint density at radius 2 is 2.06 bits per heavy atom. The predicted octanol–water partition coefficient (Wildman–Crippen LogP) is 3.87. The average Bonchev–Trinajstić information content (AvgIpc) is 2.25. The molecule has 1 aromatic rings. The Balaban J connectivity index is 2.34. The molecule has 0 fully saturated rings. The highest BCUT2D eigenvalue weighted by atomic mass is 31.2. The predicted molar refractivity (Wildman–Crippen MR) is 65.0 cm³/mol. The second-order valence-electron chi connectivity index (χ2n) is 4.47. The molecular weight excluding hydrogens is 239 g/mol. The number of rotatable bonds is 3. The molecule has 94 valence electrons. The highest BCUT2D eigenvalue weighted by Crippen LogP contribution is 2.60. The standard InChI is InChI=1S/C12H17O4P/c1-4-9-14-17(13)15-11-8-6-5-7-10(11)12(2,3)16-17/h5-8H,4,9H2,1-3H3. The van der Waals surface area contributed by atoms with Crippen molar-refractivity contribution in [3.05, 3.63) is 29.8 Å². The third kappa shape index (κ3) is 2.54. The first-order chi connectivity index (χ1) is 7.97. The summed E-state index contributed by atoms with van der Waals surface area (Å²) in [5, 5.41) is 0. The van der Waals surface area contributed by atoms with Gasteiger partial charge in [0.1, 0.15) is 11.4 Å². The average molecular weight is 256 g/mol. The topological polar surface area (TPSA) is 44.8 Å². The zero-order chi connectivity index (χ0) is 12.5. The zero-order valence-corrected chi connectivity index (χ0v) is 11.2. The van der Waals surface area contributed by atoms with Crippen LogP contribution >= 0.6 is 7.82 Å². The van der Waals surface area contributed by atoms with Gasteiger partial charge in [-0.05, 0) is 26.3 Å². The van der Waals surface area contributed by atoms with Crippen LogP contribution in [0.15, 0.2) is 24.3 Å². The first-order valence-electron chi connectivity index (χ1n) is 5.71. The summed E-state index contributed by atoms with van der Waals surface area (Å²) in [6, 6.07) is 7.42. The maximum atomic E-state index is 12.3. The Labute approximate surface area is 102 Å². The van der Waals surface area contributed by atoms with Crippen molar-refractivity contribution in [2.75, 3.05) is 6.61 Å². The SMILES string of the molecule is CCCOP1(=O)Oc2ccccc2C(C)(C)O1. The first-order valence-corrected chi connectivity index (χ1v) is 7.17. The fourth-order valence-corrected chi connectivity index (χ4v) is 3.37. The monoisotopic (exact) mass is 256 g/mol. The van der Waals surface area contributed by atoms with Crippen LogP contribution in [0.5, 0.6) is 5.75 Å². The number of benzene rings is 1. The van der Waals surface area contributed by atoms with Crippen LogP contribution < -0.4 is 4.52 Å². The van der Waals surface area contributed by atoms with Gasteiger partial charge in [0.05, 0.1) is 6.61 Å². The summed E-state index contributed by atoms with van der Waals surface area (Å²) in [5.74, 6) is 0.572. The third-order valence-electron chi connectivity index (χ3n) is 2.54. The summed E-state index contributed by atoms with van der Waals surface area (Å²) in [6.45, 7) is 6.01. The van der Waals surface area contributed by atoms with Crippen molar-refractivity contribution in [3.8, 4) is 5.75 Å². The van der Waals surface area contributed by atoms with Crippen LogP contribution in [-0.2, 0) is 19.2 Å². The van der Waals surface area contributed by atoms with E-state index in [9.17, 15) is 4.57 Å². The van der Waals surface area contributed by atoms with Crippen LogP contribution in [0.2, 0.25) is 0 Å². The highest BCUT2D eigenvalue weighted by Gasteiger charge is 2.44. The molecule has 1 aromatic carbocycles. The number of hydrogen-bond donors (Lipinski definition) is 0. The molecule has 0 radical (unpaired) electrons. The van der Waals surface area contributed by atoms with Crippen molar-refractivity contribution in [1.29, 1.82) is 0 Å². The van der Waals surface area contributed by atoms with Gasteiger partial charge in [-0.15, -0.1) is 0 Å². The Morgan fingerprint density at radius 1 is 1.35 bits per heavy atom.